The number of nitrogens with zero attached hydrogens (tertiary/aromatic N) is 1. The molecule has 7 nitrogen and oxygen atoms in total. The lowest BCUT2D eigenvalue weighted by Gasteiger charge is -2.06. The molecule has 1 heterocycles. The Hall–Kier alpha value is -2.70. The van der Waals surface area contributed by atoms with Crippen molar-refractivity contribution in [3.63, 3.8) is 0 Å². The van der Waals surface area contributed by atoms with Crippen molar-refractivity contribution in [2.45, 2.75) is 0 Å². The van der Waals surface area contributed by atoms with Crippen molar-refractivity contribution < 1.29 is 19.5 Å². The Bertz CT molecular complexity index is 525. The van der Waals surface area contributed by atoms with Crippen LogP contribution in [-0.2, 0) is 9.59 Å². The first-order valence-electron chi connectivity index (χ1n) is 5.38. The third kappa shape index (κ3) is 4.58. The van der Waals surface area contributed by atoms with Crippen molar-refractivity contribution in [3.8, 4) is 0 Å². The number of carbonyl (C=O) groups is 3. The zero-order valence-corrected chi connectivity index (χ0v) is 10.2. The van der Waals surface area contributed by atoms with E-state index in [2.05, 4.69) is 15.6 Å². The van der Waals surface area contributed by atoms with E-state index in [4.69, 9.17) is 5.11 Å². The molecule has 1 rings (SSSR count). The van der Waals surface area contributed by atoms with E-state index < -0.39 is 11.9 Å². The maximum absolute atomic E-state index is 11.8. The lowest BCUT2D eigenvalue weighted by atomic mass is 10.1. The molecule has 0 spiro atoms. The molecule has 0 bridgehead atoms. The first-order valence-corrected chi connectivity index (χ1v) is 5.38. The Labute approximate surface area is 109 Å². The SMILES string of the molecule is CNC(=O)CNC(=O)c1ccncc1C=CC(=O)O. The Morgan fingerprint density at radius 2 is 2.16 bits per heavy atom. The highest BCUT2D eigenvalue weighted by Crippen LogP contribution is 2.08. The van der Waals surface area contributed by atoms with E-state index in [9.17, 15) is 14.4 Å². The number of aliphatic carboxylic acids is 1. The third-order valence-electron chi connectivity index (χ3n) is 2.19. The van der Waals surface area contributed by atoms with E-state index in [1.165, 1.54) is 31.6 Å². The predicted molar refractivity (Wildman–Crippen MR) is 67.3 cm³/mol. The van der Waals surface area contributed by atoms with Crippen molar-refractivity contribution in [1.82, 2.24) is 15.6 Å². The normalized spacial score (nSPS) is 10.2. The third-order valence-corrected chi connectivity index (χ3v) is 2.19. The van der Waals surface area contributed by atoms with Crippen LogP contribution in [0.25, 0.3) is 6.08 Å². The highest BCUT2D eigenvalue weighted by Gasteiger charge is 2.10. The summed E-state index contributed by atoms with van der Waals surface area (Å²) in [4.78, 5) is 37.1. The number of aromatic nitrogens is 1. The van der Waals surface area contributed by atoms with Crippen LogP contribution in [0.5, 0.6) is 0 Å². The van der Waals surface area contributed by atoms with Gasteiger partial charge in [0.1, 0.15) is 0 Å². The van der Waals surface area contributed by atoms with Gasteiger partial charge in [0.2, 0.25) is 5.91 Å². The number of hydrogen-bond donors (Lipinski definition) is 3. The zero-order valence-electron chi connectivity index (χ0n) is 10.2. The minimum Gasteiger partial charge on any atom is -0.478 e. The van der Waals surface area contributed by atoms with Crippen LogP contribution in [0.2, 0.25) is 0 Å². The molecule has 0 atom stereocenters. The average Bonchev–Trinajstić information content (AvgIpc) is 2.42. The molecule has 19 heavy (non-hydrogen) atoms. The molecule has 7 heteroatoms. The summed E-state index contributed by atoms with van der Waals surface area (Å²) in [5.41, 5.74) is 0.607. The summed E-state index contributed by atoms with van der Waals surface area (Å²) in [6, 6.07) is 1.45. The summed E-state index contributed by atoms with van der Waals surface area (Å²) in [5.74, 6) is -1.93. The van der Waals surface area contributed by atoms with Gasteiger partial charge in [-0.1, -0.05) is 0 Å². The zero-order chi connectivity index (χ0) is 14.3. The highest BCUT2D eigenvalue weighted by molar-refractivity contribution is 6.00. The van der Waals surface area contributed by atoms with Crippen LogP contribution < -0.4 is 10.6 Å². The second-order valence-electron chi connectivity index (χ2n) is 3.49. The summed E-state index contributed by atoms with van der Waals surface area (Å²) in [6.07, 6.45) is 4.96. The minimum absolute atomic E-state index is 0.153. The first-order chi connectivity index (χ1) is 9.04. The molecule has 0 radical (unpaired) electrons. The van der Waals surface area contributed by atoms with Crippen LogP contribution in [0.15, 0.2) is 24.5 Å². The van der Waals surface area contributed by atoms with E-state index in [0.29, 0.717) is 5.56 Å². The van der Waals surface area contributed by atoms with Gasteiger partial charge in [-0.3, -0.25) is 14.6 Å². The molecule has 1 aromatic heterocycles. The smallest absolute Gasteiger partial charge is 0.328 e. The highest BCUT2D eigenvalue weighted by atomic mass is 16.4. The summed E-state index contributed by atoms with van der Waals surface area (Å²) in [7, 11) is 1.46. The number of carboxylic acids is 1. The molecule has 0 aliphatic rings. The minimum atomic E-state index is -1.12. The van der Waals surface area contributed by atoms with E-state index in [-0.39, 0.29) is 18.0 Å². The molecule has 2 amide bonds. The first kappa shape index (κ1) is 14.4. The topological polar surface area (TPSA) is 108 Å². The summed E-state index contributed by atoms with van der Waals surface area (Å²) >= 11 is 0. The van der Waals surface area contributed by atoms with Crippen molar-refractivity contribution in [3.05, 3.63) is 35.7 Å². The fourth-order valence-corrected chi connectivity index (χ4v) is 1.25. The summed E-state index contributed by atoms with van der Waals surface area (Å²) in [6.45, 7) is -0.153. The van der Waals surface area contributed by atoms with E-state index in [1.54, 1.807) is 0 Å². The lowest BCUT2D eigenvalue weighted by Crippen LogP contribution is -2.35. The second-order valence-corrected chi connectivity index (χ2v) is 3.49. The summed E-state index contributed by atoms with van der Waals surface area (Å²) < 4.78 is 0. The predicted octanol–water partition coefficient (Wildman–Crippen LogP) is -0.345. The second kappa shape index (κ2) is 6.90. The molecule has 0 unspecified atom stereocenters. The Kier molecular flexibility index (Phi) is 5.21. The van der Waals surface area contributed by atoms with E-state index in [0.717, 1.165) is 6.08 Å². The Morgan fingerprint density at radius 3 is 2.79 bits per heavy atom. The van der Waals surface area contributed by atoms with Crippen LogP contribution in [-0.4, -0.2) is 41.5 Å². The molecular formula is C12H13N3O4. The van der Waals surface area contributed by atoms with Crippen LogP contribution in [0.4, 0.5) is 0 Å². The maximum Gasteiger partial charge on any atom is 0.328 e. The van der Waals surface area contributed by atoms with Crippen molar-refractivity contribution in [2.24, 2.45) is 0 Å². The van der Waals surface area contributed by atoms with E-state index >= 15 is 0 Å². The number of rotatable bonds is 5. The number of carbonyl (C=O) groups excluding carboxylic acids is 2. The molecule has 1 aromatic rings. The standard InChI is InChI=1S/C12H13N3O4/c1-13-10(16)7-15-12(19)9-4-5-14-6-8(9)2-3-11(17)18/h2-6H,7H2,1H3,(H,13,16)(H,15,19)(H,17,18). The van der Waals surface area contributed by atoms with Crippen LogP contribution in [0.3, 0.4) is 0 Å². The number of likely N-dealkylation sites (N-methyl/N-ethyl adjacent to an activating group) is 1. The average molecular weight is 263 g/mol. The molecule has 0 aliphatic carbocycles. The van der Waals surface area contributed by atoms with Crippen LogP contribution in [0.1, 0.15) is 15.9 Å². The van der Waals surface area contributed by atoms with Crippen molar-refractivity contribution in [1.29, 1.82) is 0 Å². The number of pyridine rings is 1. The number of carboxylic acid groups (broad SMARTS) is 1. The Balaban J connectivity index is 2.84. The largest absolute Gasteiger partial charge is 0.478 e. The molecule has 0 aromatic carbocycles. The van der Waals surface area contributed by atoms with Gasteiger partial charge in [-0.05, 0) is 12.1 Å². The number of hydrogen-bond acceptors (Lipinski definition) is 4. The van der Waals surface area contributed by atoms with Gasteiger partial charge in [-0.15, -0.1) is 0 Å². The van der Waals surface area contributed by atoms with Gasteiger partial charge in [0.15, 0.2) is 0 Å². The quantitative estimate of drug-likeness (QED) is 0.629. The fraction of sp³-hybridized carbons (Fsp3) is 0.167. The van der Waals surface area contributed by atoms with Gasteiger partial charge in [-0.25, -0.2) is 4.79 Å². The molecule has 100 valence electrons. The molecule has 0 fully saturated rings. The molecular weight excluding hydrogens is 250 g/mol. The van der Waals surface area contributed by atoms with Gasteiger partial charge in [0.05, 0.1) is 6.54 Å². The maximum atomic E-state index is 11.8. The monoisotopic (exact) mass is 263 g/mol. The fourth-order valence-electron chi connectivity index (χ4n) is 1.25. The van der Waals surface area contributed by atoms with Gasteiger partial charge in [0.25, 0.3) is 5.91 Å². The van der Waals surface area contributed by atoms with Gasteiger partial charge < -0.3 is 15.7 Å². The summed E-state index contributed by atoms with van der Waals surface area (Å²) in [5, 5.41) is 13.3. The molecule has 0 saturated carbocycles. The Morgan fingerprint density at radius 1 is 1.42 bits per heavy atom. The number of nitrogens with one attached hydrogen (secondary N) is 2. The molecule has 3 N–H and O–H groups in total. The van der Waals surface area contributed by atoms with Crippen molar-refractivity contribution in [2.75, 3.05) is 13.6 Å². The van der Waals surface area contributed by atoms with Crippen molar-refractivity contribution >= 4 is 23.9 Å². The van der Waals surface area contributed by atoms with Gasteiger partial charge >= 0.3 is 5.97 Å². The van der Waals surface area contributed by atoms with E-state index in [1.807, 2.05) is 0 Å². The molecule has 0 aliphatic heterocycles. The lowest BCUT2D eigenvalue weighted by molar-refractivity contribution is -0.131. The van der Waals surface area contributed by atoms with Gasteiger partial charge in [-0.2, -0.15) is 0 Å². The van der Waals surface area contributed by atoms with Crippen LogP contribution >= 0.6 is 0 Å². The van der Waals surface area contributed by atoms with Crippen LogP contribution in [0, 0.1) is 0 Å². The van der Waals surface area contributed by atoms with Gasteiger partial charge in [0, 0.05) is 36.6 Å². The molecule has 0 saturated heterocycles. The number of amides is 2.